The molecule has 1 aliphatic heterocycles. The molecule has 1 heterocycles. The summed E-state index contributed by atoms with van der Waals surface area (Å²) in [5.41, 5.74) is 0.542. The highest BCUT2D eigenvalue weighted by Crippen LogP contribution is 2.27. The molecule has 8 nitrogen and oxygen atoms in total. The van der Waals surface area contributed by atoms with Crippen LogP contribution in [-0.2, 0) is 23.9 Å². The van der Waals surface area contributed by atoms with Gasteiger partial charge in [-0.3, -0.25) is 14.4 Å². The van der Waals surface area contributed by atoms with E-state index in [0.717, 1.165) is 19.1 Å². The first kappa shape index (κ1) is 31.0. The SMILES string of the molecule is C=CC(=O)N1CCN(CC(=O)NC2(C=O)CCCC2)C(=O)C1CC(C)C.COC.Cc1ccccc1. The summed E-state index contributed by atoms with van der Waals surface area (Å²) >= 11 is 0. The highest BCUT2D eigenvalue weighted by atomic mass is 16.4. The summed E-state index contributed by atoms with van der Waals surface area (Å²) in [6, 6.07) is 9.69. The summed E-state index contributed by atoms with van der Waals surface area (Å²) in [6.45, 7) is 10.2. The molecule has 0 spiro atoms. The normalized spacial score (nSPS) is 18.4. The standard InChI is InChI=1S/C19H29N3O4.C7H8.C2H6O/c1-4-17(25)22-10-9-21(18(26)15(22)11-14(2)3)12-16(24)20-19(13-23)7-5-6-8-19;1-7-5-3-2-4-6-7;1-3-2/h4,13-15H,1,5-12H2,2-3H3,(H,20,24);2-6H,1H3;1-2H3. The third-order valence-electron chi connectivity index (χ3n) is 6.12. The van der Waals surface area contributed by atoms with Crippen LogP contribution >= 0.6 is 0 Å². The van der Waals surface area contributed by atoms with Crippen molar-refractivity contribution in [2.45, 2.75) is 64.5 Å². The second kappa shape index (κ2) is 15.9. The smallest absolute Gasteiger partial charge is 0.246 e. The van der Waals surface area contributed by atoms with Gasteiger partial charge in [-0.2, -0.15) is 0 Å². The van der Waals surface area contributed by atoms with E-state index < -0.39 is 11.6 Å². The number of carbonyl (C=O) groups excluding carboxylic acids is 4. The fraction of sp³-hybridized carbons (Fsp3) is 0.571. The fourth-order valence-electron chi connectivity index (χ4n) is 4.35. The summed E-state index contributed by atoms with van der Waals surface area (Å²) in [6.07, 6.45) is 5.70. The zero-order valence-electron chi connectivity index (χ0n) is 22.5. The number of amides is 3. The predicted octanol–water partition coefficient (Wildman–Crippen LogP) is 3.14. The maximum absolute atomic E-state index is 12.9. The highest BCUT2D eigenvalue weighted by Gasteiger charge is 2.39. The molecule has 2 fully saturated rings. The second-order valence-corrected chi connectivity index (χ2v) is 9.73. The van der Waals surface area contributed by atoms with Gasteiger partial charge in [-0.25, -0.2) is 0 Å². The molecule has 1 aromatic carbocycles. The molecule has 3 amide bonds. The van der Waals surface area contributed by atoms with Gasteiger partial charge in [0.05, 0.1) is 12.1 Å². The van der Waals surface area contributed by atoms with Crippen molar-refractivity contribution in [3.05, 3.63) is 48.6 Å². The van der Waals surface area contributed by atoms with E-state index >= 15 is 0 Å². The minimum absolute atomic E-state index is 0.0842. The number of piperazine rings is 1. The van der Waals surface area contributed by atoms with Crippen molar-refractivity contribution >= 4 is 24.0 Å². The van der Waals surface area contributed by atoms with Crippen LogP contribution in [0.25, 0.3) is 0 Å². The van der Waals surface area contributed by atoms with Gasteiger partial charge < -0.3 is 24.6 Å². The number of ether oxygens (including phenoxy) is 1. The Morgan fingerprint density at radius 1 is 1.17 bits per heavy atom. The van der Waals surface area contributed by atoms with Gasteiger partial charge in [0.15, 0.2) is 0 Å². The van der Waals surface area contributed by atoms with E-state index in [4.69, 9.17) is 0 Å². The molecule has 1 saturated heterocycles. The quantitative estimate of drug-likeness (QED) is 0.457. The van der Waals surface area contributed by atoms with Crippen molar-refractivity contribution < 1.29 is 23.9 Å². The number of rotatable bonds is 7. The number of carbonyl (C=O) groups is 4. The van der Waals surface area contributed by atoms with Gasteiger partial charge >= 0.3 is 0 Å². The number of aldehydes is 1. The van der Waals surface area contributed by atoms with Gasteiger partial charge in [-0.15, -0.1) is 0 Å². The molecule has 1 N–H and O–H groups in total. The molecule has 0 aromatic heterocycles. The summed E-state index contributed by atoms with van der Waals surface area (Å²) in [7, 11) is 3.25. The monoisotopic (exact) mass is 501 g/mol. The first-order chi connectivity index (χ1) is 17.1. The number of benzene rings is 1. The molecule has 1 aromatic rings. The Morgan fingerprint density at radius 3 is 2.19 bits per heavy atom. The van der Waals surface area contributed by atoms with Gasteiger partial charge in [-0.05, 0) is 38.2 Å². The molecule has 1 saturated carbocycles. The molecule has 36 heavy (non-hydrogen) atoms. The van der Waals surface area contributed by atoms with Crippen molar-refractivity contribution in [3.63, 3.8) is 0 Å². The van der Waals surface area contributed by atoms with Crippen molar-refractivity contribution in [2.75, 3.05) is 33.9 Å². The van der Waals surface area contributed by atoms with Crippen LogP contribution in [0.4, 0.5) is 0 Å². The summed E-state index contributed by atoms with van der Waals surface area (Å²) in [5.74, 6) is -0.574. The van der Waals surface area contributed by atoms with E-state index in [1.54, 1.807) is 14.2 Å². The van der Waals surface area contributed by atoms with E-state index in [0.29, 0.717) is 32.4 Å². The van der Waals surface area contributed by atoms with Crippen molar-refractivity contribution in [1.82, 2.24) is 15.1 Å². The number of nitrogens with one attached hydrogen (secondary N) is 1. The average Bonchev–Trinajstić information content (AvgIpc) is 3.31. The van der Waals surface area contributed by atoms with Crippen molar-refractivity contribution in [3.8, 4) is 0 Å². The van der Waals surface area contributed by atoms with Gasteiger partial charge in [0.1, 0.15) is 12.3 Å². The molecule has 0 bridgehead atoms. The summed E-state index contributed by atoms with van der Waals surface area (Å²) < 4.78 is 4.25. The van der Waals surface area contributed by atoms with Crippen LogP contribution < -0.4 is 5.32 Å². The van der Waals surface area contributed by atoms with Crippen molar-refractivity contribution in [1.29, 1.82) is 0 Å². The first-order valence-corrected chi connectivity index (χ1v) is 12.5. The highest BCUT2D eigenvalue weighted by molar-refractivity contribution is 5.95. The van der Waals surface area contributed by atoms with Gasteiger partial charge in [0.2, 0.25) is 17.7 Å². The Labute approximate surface area is 216 Å². The molecule has 1 aliphatic carbocycles. The van der Waals surface area contributed by atoms with Crippen LogP contribution in [0, 0.1) is 12.8 Å². The van der Waals surface area contributed by atoms with Gasteiger partial charge in [-0.1, -0.05) is 69.2 Å². The molecule has 8 heteroatoms. The van der Waals surface area contributed by atoms with E-state index in [1.165, 1.54) is 21.4 Å². The molecular formula is C28H43N3O5. The zero-order chi connectivity index (χ0) is 27.1. The van der Waals surface area contributed by atoms with E-state index in [9.17, 15) is 19.2 Å². The number of aryl methyl sites for hydroxylation is 1. The lowest BCUT2D eigenvalue weighted by molar-refractivity contribution is -0.151. The van der Waals surface area contributed by atoms with Crippen LogP contribution in [0.2, 0.25) is 0 Å². The Kier molecular flexibility index (Phi) is 13.7. The second-order valence-electron chi connectivity index (χ2n) is 9.73. The van der Waals surface area contributed by atoms with E-state index in [1.807, 2.05) is 32.0 Å². The fourth-order valence-corrected chi connectivity index (χ4v) is 4.35. The number of nitrogens with zero attached hydrogens (tertiary/aromatic N) is 2. The van der Waals surface area contributed by atoms with E-state index in [-0.39, 0.29) is 30.2 Å². The van der Waals surface area contributed by atoms with Crippen LogP contribution in [0.1, 0.15) is 51.5 Å². The molecule has 2 aliphatic rings. The van der Waals surface area contributed by atoms with E-state index in [2.05, 4.69) is 35.7 Å². The zero-order valence-corrected chi connectivity index (χ0v) is 22.5. The number of methoxy groups -OCH3 is 1. The third kappa shape index (κ3) is 9.93. The maximum atomic E-state index is 12.9. The summed E-state index contributed by atoms with van der Waals surface area (Å²) in [4.78, 5) is 51.8. The average molecular weight is 502 g/mol. The minimum atomic E-state index is -0.780. The molecule has 1 atom stereocenters. The van der Waals surface area contributed by atoms with Gasteiger partial charge in [0.25, 0.3) is 0 Å². The molecule has 1 unspecified atom stereocenters. The summed E-state index contributed by atoms with van der Waals surface area (Å²) in [5, 5.41) is 2.81. The number of hydrogen-bond donors (Lipinski definition) is 1. The lowest BCUT2D eigenvalue weighted by Crippen LogP contribution is -2.61. The Bertz CT molecular complexity index is 850. The van der Waals surface area contributed by atoms with Crippen molar-refractivity contribution in [2.24, 2.45) is 5.92 Å². The Balaban J connectivity index is 0.000000540. The largest absolute Gasteiger partial charge is 0.388 e. The minimum Gasteiger partial charge on any atom is -0.388 e. The lowest BCUT2D eigenvalue weighted by atomic mass is 9.98. The van der Waals surface area contributed by atoms with Crippen LogP contribution in [0.15, 0.2) is 43.0 Å². The predicted molar refractivity (Wildman–Crippen MR) is 141 cm³/mol. The molecular weight excluding hydrogens is 458 g/mol. The molecule has 0 radical (unpaired) electrons. The molecule has 200 valence electrons. The Hall–Kier alpha value is -3.00. The van der Waals surface area contributed by atoms with Crippen LogP contribution in [0.5, 0.6) is 0 Å². The van der Waals surface area contributed by atoms with Crippen LogP contribution in [0.3, 0.4) is 0 Å². The van der Waals surface area contributed by atoms with Gasteiger partial charge in [0, 0.05) is 27.3 Å². The lowest BCUT2D eigenvalue weighted by Gasteiger charge is -2.41. The Morgan fingerprint density at radius 2 is 1.75 bits per heavy atom. The number of hydrogen-bond acceptors (Lipinski definition) is 5. The topological polar surface area (TPSA) is 96.0 Å². The molecule has 3 rings (SSSR count). The first-order valence-electron chi connectivity index (χ1n) is 12.5. The maximum Gasteiger partial charge on any atom is 0.246 e. The third-order valence-corrected chi connectivity index (χ3v) is 6.12. The van der Waals surface area contributed by atoms with Crippen LogP contribution in [-0.4, -0.2) is 79.2 Å².